The lowest BCUT2D eigenvalue weighted by Crippen LogP contribution is -2.48. The summed E-state index contributed by atoms with van der Waals surface area (Å²) < 4.78 is 26.9. The first kappa shape index (κ1) is 23.4. The SMILES string of the molecule is CCCOc1ccc2c(=O)c3cc(CCC(N)(CO)COP(=O)(O)O)ccc3oc2c1. The van der Waals surface area contributed by atoms with E-state index in [0.29, 0.717) is 40.7 Å². The minimum Gasteiger partial charge on any atom is -0.493 e. The van der Waals surface area contributed by atoms with Gasteiger partial charge in [-0.1, -0.05) is 13.0 Å². The van der Waals surface area contributed by atoms with Crippen LogP contribution in [0.3, 0.4) is 0 Å². The fraction of sp³-hybridized carbons (Fsp3) is 0.381. The lowest BCUT2D eigenvalue weighted by Gasteiger charge is -2.27. The largest absolute Gasteiger partial charge is 0.493 e. The van der Waals surface area contributed by atoms with Gasteiger partial charge in [0.15, 0.2) is 0 Å². The van der Waals surface area contributed by atoms with Gasteiger partial charge in [0.1, 0.15) is 16.9 Å². The third-order valence-corrected chi connectivity index (χ3v) is 5.39. The third-order valence-electron chi connectivity index (χ3n) is 4.93. The first-order valence-electron chi connectivity index (χ1n) is 9.86. The Morgan fingerprint density at radius 2 is 1.90 bits per heavy atom. The molecule has 168 valence electrons. The summed E-state index contributed by atoms with van der Waals surface area (Å²) in [6.45, 7) is 1.56. The van der Waals surface area contributed by atoms with E-state index in [4.69, 9.17) is 24.7 Å². The van der Waals surface area contributed by atoms with E-state index < -0.39 is 26.6 Å². The predicted octanol–water partition coefficient (Wildman–Crippen LogP) is 2.47. The Morgan fingerprint density at radius 3 is 2.58 bits per heavy atom. The van der Waals surface area contributed by atoms with Crippen molar-refractivity contribution in [1.82, 2.24) is 0 Å². The van der Waals surface area contributed by atoms with Gasteiger partial charge in [0.25, 0.3) is 0 Å². The summed E-state index contributed by atoms with van der Waals surface area (Å²) >= 11 is 0. The van der Waals surface area contributed by atoms with Gasteiger partial charge in [0, 0.05) is 6.07 Å². The monoisotopic (exact) mass is 451 g/mol. The van der Waals surface area contributed by atoms with Crippen LogP contribution >= 0.6 is 7.82 Å². The highest BCUT2D eigenvalue weighted by Gasteiger charge is 2.28. The maximum atomic E-state index is 13.0. The molecule has 1 aromatic heterocycles. The molecular weight excluding hydrogens is 425 g/mol. The van der Waals surface area contributed by atoms with E-state index in [-0.39, 0.29) is 11.8 Å². The molecule has 9 nitrogen and oxygen atoms in total. The minimum atomic E-state index is -4.70. The zero-order valence-corrected chi connectivity index (χ0v) is 18.0. The second-order valence-corrected chi connectivity index (χ2v) is 8.79. The van der Waals surface area contributed by atoms with Crippen LogP contribution in [0.25, 0.3) is 21.9 Å². The lowest BCUT2D eigenvalue weighted by atomic mass is 9.93. The van der Waals surface area contributed by atoms with Gasteiger partial charge in [-0.2, -0.15) is 0 Å². The van der Waals surface area contributed by atoms with E-state index in [0.717, 1.165) is 12.0 Å². The summed E-state index contributed by atoms with van der Waals surface area (Å²) in [6.07, 6.45) is 1.42. The van der Waals surface area contributed by atoms with Gasteiger partial charge in [-0.25, -0.2) is 4.57 Å². The lowest BCUT2D eigenvalue weighted by molar-refractivity contribution is 0.102. The maximum Gasteiger partial charge on any atom is 0.469 e. The molecule has 1 atom stereocenters. The smallest absolute Gasteiger partial charge is 0.469 e. The Hall–Kier alpha value is -2.26. The zero-order valence-electron chi connectivity index (χ0n) is 17.1. The van der Waals surface area contributed by atoms with Crippen LogP contribution in [-0.4, -0.2) is 40.3 Å². The molecule has 0 saturated carbocycles. The van der Waals surface area contributed by atoms with E-state index in [2.05, 4.69) is 4.52 Å². The zero-order chi connectivity index (χ0) is 22.6. The topological polar surface area (TPSA) is 152 Å². The van der Waals surface area contributed by atoms with E-state index in [9.17, 15) is 14.5 Å². The molecule has 0 spiro atoms. The molecule has 0 saturated heterocycles. The molecule has 1 unspecified atom stereocenters. The summed E-state index contributed by atoms with van der Waals surface area (Å²) in [4.78, 5) is 30.7. The number of hydrogen-bond acceptors (Lipinski definition) is 7. The van der Waals surface area contributed by atoms with E-state index in [1.807, 2.05) is 6.92 Å². The van der Waals surface area contributed by atoms with Gasteiger partial charge in [0.2, 0.25) is 5.43 Å². The molecule has 10 heteroatoms. The normalized spacial score (nSPS) is 14.1. The number of nitrogens with two attached hydrogens (primary N) is 1. The molecule has 2 aromatic carbocycles. The molecule has 3 aromatic rings. The number of rotatable bonds is 10. The van der Waals surface area contributed by atoms with Crippen molar-refractivity contribution < 1.29 is 33.1 Å². The van der Waals surface area contributed by atoms with E-state index in [1.165, 1.54) is 0 Å². The van der Waals surface area contributed by atoms with Crippen molar-refractivity contribution in [3.05, 3.63) is 52.2 Å². The van der Waals surface area contributed by atoms with Crippen molar-refractivity contribution in [1.29, 1.82) is 0 Å². The van der Waals surface area contributed by atoms with Crippen molar-refractivity contribution in [3.8, 4) is 5.75 Å². The fourth-order valence-corrected chi connectivity index (χ4v) is 3.58. The van der Waals surface area contributed by atoms with Crippen molar-refractivity contribution in [2.75, 3.05) is 19.8 Å². The molecule has 0 bridgehead atoms. The van der Waals surface area contributed by atoms with Crippen LogP contribution in [-0.2, 0) is 15.5 Å². The maximum absolute atomic E-state index is 13.0. The predicted molar refractivity (Wildman–Crippen MR) is 116 cm³/mol. The molecule has 0 radical (unpaired) electrons. The number of hydrogen-bond donors (Lipinski definition) is 4. The summed E-state index contributed by atoms with van der Waals surface area (Å²) in [7, 11) is -4.70. The molecule has 0 aliphatic rings. The first-order chi connectivity index (χ1) is 14.6. The van der Waals surface area contributed by atoms with Gasteiger partial charge in [-0.3, -0.25) is 9.32 Å². The second kappa shape index (κ2) is 9.48. The minimum absolute atomic E-state index is 0.175. The van der Waals surface area contributed by atoms with Gasteiger partial charge in [0.05, 0.1) is 36.1 Å². The number of aryl methyl sites for hydroxylation is 1. The highest BCUT2D eigenvalue weighted by molar-refractivity contribution is 7.46. The molecule has 0 amide bonds. The highest BCUT2D eigenvalue weighted by atomic mass is 31.2. The van der Waals surface area contributed by atoms with Crippen LogP contribution in [0, 0.1) is 0 Å². The molecular formula is C21H26NO8P. The fourth-order valence-electron chi connectivity index (χ4n) is 3.15. The van der Waals surface area contributed by atoms with Gasteiger partial charge < -0.3 is 29.8 Å². The Labute approximate surface area is 178 Å². The summed E-state index contributed by atoms with van der Waals surface area (Å²) in [6, 6.07) is 10.3. The van der Waals surface area contributed by atoms with Crippen LogP contribution in [0.4, 0.5) is 0 Å². The summed E-state index contributed by atoms with van der Waals surface area (Å²) in [5.74, 6) is 0.634. The standard InChI is InChI=1S/C21H26NO8P/c1-2-9-28-15-4-5-16-19(11-15)30-18-6-3-14(10-17(18)20(16)24)7-8-21(22,12-23)13-29-31(25,26)27/h3-6,10-11,23H,2,7-9,12-13,22H2,1H3,(H2,25,26,27). The quantitative estimate of drug-likeness (QED) is 0.269. The van der Waals surface area contributed by atoms with Crippen molar-refractivity contribution in [2.45, 2.75) is 31.7 Å². The summed E-state index contributed by atoms with van der Waals surface area (Å²) in [5, 5.41) is 10.4. The van der Waals surface area contributed by atoms with Crippen molar-refractivity contribution in [3.63, 3.8) is 0 Å². The van der Waals surface area contributed by atoms with E-state index in [1.54, 1.807) is 36.4 Å². The number of fused-ring (bicyclic) bond motifs is 2. The van der Waals surface area contributed by atoms with Crippen molar-refractivity contribution >= 4 is 29.8 Å². The molecule has 0 aliphatic heterocycles. The molecule has 5 N–H and O–H groups in total. The third kappa shape index (κ3) is 5.92. The molecule has 1 heterocycles. The Kier molecular flexibility index (Phi) is 7.16. The van der Waals surface area contributed by atoms with Crippen LogP contribution in [0.5, 0.6) is 5.75 Å². The number of aliphatic hydroxyl groups excluding tert-OH is 1. The van der Waals surface area contributed by atoms with Crippen LogP contribution in [0.1, 0.15) is 25.3 Å². The van der Waals surface area contributed by atoms with E-state index >= 15 is 0 Å². The van der Waals surface area contributed by atoms with Crippen LogP contribution in [0.15, 0.2) is 45.6 Å². The Bertz CT molecular complexity index is 1170. The average Bonchev–Trinajstić information content (AvgIpc) is 2.74. The molecule has 31 heavy (non-hydrogen) atoms. The first-order valence-corrected chi connectivity index (χ1v) is 11.4. The number of phosphoric acid groups is 1. The van der Waals surface area contributed by atoms with Gasteiger partial charge in [-0.15, -0.1) is 0 Å². The van der Waals surface area contributed by atoms with Gasteiger partial charge >= 0.3 is 7.82 Å². The average molecular weight is 451 g/mol. The number of ether oxygens (including phenoxy) is 1. The number of benzene rings is 2. The van der Waals surface area contributed by atoms with Crippen molar-refractivity contribution in [2.24, 2.45) is 5.73 Å². The van der Waals surface area contributed by atoms with Gasteiger partial charge in [-0.05, 0) is 49.1 Å². The second-order valence-electron chi connectivity index (χ2n) is 7.55. The summed E-state index contributed by atoms with van der Waals surface area (Å²) in [5.41, 5.74) is 6.13. The Balaban J connectivity index is 1.85. The number of phosphoric ester groups is 1. The van der Waals surface area contributed by atoms with Crippen LogP contribution < -0.4 is 15.9 Å². The highest BCUT2D eigenvalue weighted by Crippen LogP contribution is 2.37. The molecule has 0 aliphatic carbocycles. The molecule has 0 fully saturated rings. The Morgan fingerprint density at radius 1 is 1.13 bits per heavy atom. The molecule has 3 rings (SSSR count). The number of aliphatic hydroxyl groups is 1. The van der Waals surface area contributed by atoms with Crippen LogP contribution in [0.2, 0.25) is 0 Å².